The Balaban J connectivity index is 2.11. The minimum Gasteiger partial charge on any atom is -0.496 e. The third-order valence-electron chi connectivity index (χ3n) is 4.01. The SMILES string of the molecule is C=C(C)C1CC=C(C)C(=NNC(=O)c2ccc(OC)c(I)c2)C1. The van der Waals surface area contributed by atoms with E-state index in [4.69, 9.17) is 4.74 Å². The van der Waals surface area contributed by atoms with E-state index in [1.807, 2.05) is 13.8 Å². The van der Waals surface area contributed by atoms with Crippen molar-refractivity contribution in [3.8, 4) is 5.75 Å². The van der Waals surface area contributed by atoms with Gasteiger partial charge in [-0.1, -0.05) is 18.2 Å². The van der Waals surface area contributed by atoms with Crippen LogP contribution in [0.5, 0.6) is 5.75 Å². The number of hydrogen-bond acceptors (Lipinski definition) is 3. The molecule has 5 heteroatoms. The first-order chi connectivity index (χ1) is 10.9. The molecule has 1 aromatic carbocycles. The normalized spacial score (nSPS) is 19.2. The second-order valence-corrected chi connectivity index (χ2v) is 6.88. The van der Waals surface area contributed by atoms with Crippen molar-refractivity contribution in [1.29, 1.82) is 0 Å². The minimum absolute atomic E-state index is 0.219. The molecule has 1 N–H and O–H groups in total. The number of amides is 1. The molecule has 2 rings (SSSR count). The van der Waals surface area contributed by atoms with Crippen LogP contribution in [-0.2, 0) is 0 Å². The summed E-state index contributed by atoms with van der Waals surface area (Å²) in [6.07, 6.45) is 3.97. The molecule has 0 saturated carbocycles. The number of nitrogens with one attached hydrogen (secondary N) is 1. The van der Waals surface area contributed by atoms with Crippen molar-refractivity contribution in [2.75, 3.05) is 7.11 Å². The van der Waals surface area contributed by atoms with E-state index < -0.39 is 0 Å². The molecule has 0 bridgehead atoms. The van der Waals surface area contributed by atoms with Crippen molar-refractivity contribution in [3.63, 3.8) is 0 Å². The van der Waals surface area contributed by atoms with Gasteiger partial charge >= 0.3 is 0 Å². The molecule has 1 unspecified atom stereocenters. The number of rotatable bonds is 4. The number of carbonyl (C=O) groups excluding carboxylic acids is 1. The van der Waals surface area contributed by atoms with E-state index in [2.05, 4.69) is 45.8 Å². The van der Waals surface area contributed by atoms with Crippen LogP contribution in [0.2, 0.25) is 0 Å². The Morgan fingerprint density at radius 3 is 2.83 bits per heavy atom. The molecule has 0 fully saturated rings. The fourth-order valence-electron chi connectivity index (χ4n) is 2.41. The predicted octanol–water partition coefficient (Wildman–Crippen LogP) is 4.32. The average molecular weight is 424 g/mol. The maximum atomic E-state index is 12.3. The van der Waals surface area contributed by atoms with E-state index in [0.29, 0.717) is 11.5 Å². The Hall–Kier alpha value is -1.63. The Bertz CT molecular complexity index is 692. The Morgan fingerprint density at radius 1 is 1.48 bits per heavy atom. The summed E-state index contributed by atoms with van der Waals surface area (Å²) in [5.74, 6) is 0.934. The molecule has 1 atom stereocenters. The van der Waals surface area contributed by atoms with Crippen molar-refractivity contribution in [2.45, 2.75) is 26.7 Å². The molecule has 1 amide bonds. The maximum absolute atomic E-state index is 12.3. The number of methoxy groups -OCH3 is 1. The largest absolute Gasteiger partial charge is 0.496 e. The van der Waals surface area contributed by atoms with Gasteiger partial charge in [-0.25, -0.2) is 5.43 Å². The molecule has 1 aliphatic rings. The lowest BCUT2D eigenvalue weighted by molar-refractivity contribution is 0.0954. The zero-order chi connectivity index (χ0) is 17.0. The van der Waals surface area contributed by atoms with E-state index in [1.165, 1.54) is 0 Å². The van der Waals surface area contributed by atoms with E-state index >= 15 is 0 Å². The molecule has 122 valence electrons. The van der Waals surface area contributed by atoms with E-state index in [9.17, 15) is 4.79 Å². The first-order valence-corrected chi connectivity index (χ1v) is 8.53. The van der Waals surface area contributed by atoms with Crippen molar-refractivity contribution in [3.05, 3.63) is 51.1 Å². The third kappa shape index (κ3) is 4.43. The lowest BCUT2D eigenvalue weighted by Crippen LogP contribution is -2.23. The van der Waals surface area contributed by atoms with Crippen LogP contribution in [0, 0.1) is 9.49 Å². The highest BCUT2D eigenvalue weighted by Crippen LogP contribution is 2.26. The van der Waals surface area contributed by atoms with Crippen LogP contribution in [0.4, 0.5) is 0 Å². The molecule has 4 nitrogen and oxygen atoms in total. The standard InChI is InChI=1S/C18H21IN2O2/c1-11(2)13-6-5-12(3)16(10-13)20-21-18(22)14-7-8-17(23-4)15(19)9-14/h5,7-9,13H,1,6,10H2,2-4H3,(H,21,22). The second-order valence-electron chi connectivity index (χ2n) is 5.72. The molecular weight excluding hydrogens is 403 g/mol. The van der Waals surface area contributed by atoms with Gasteiger partial charge in [-0.05, 0) is 79.0 Å². The fourth-order valence-corrected chi connectivity index (χ4v) is 3.15. The number of hydrogen-bond donors (Lipinski definition) is 1. The summed E-state index contributed by atoms with van der Waals surface area (Å²) >= 11 is 2.14. The Labute approximate surface area is 150 Å². The van der Waals surface area contributed by atoms with Gasteiger partial charge in [-0.3, -0.25) is 4.79 Å². The number of halogens is 1. The Morgan fingerprint density at radius 2 is 2.22 bits per heavy atom. The van der Waals surface area contributed by atoms with Gasteiger partial charge in [-0.2, -0.15) is 5.10 Å². The van der Waals surface area contributed by atoms with Crippen LogP contribution in [0.15, 0.2) is 47.1 Å². The quantitative estimate of drug-likeness (QED) is 0.445. The fraction of sp³-hybridized carbons (Fsp3) is 0.333. The van der Waals surface area contributed by atoms with Crippen LogP contribution < -0.4 is 10.2 Å². The number of hydrazone groups is 1. The van der Waals surface area contributed by atoms with Crippen LogP contribution in [0.3, 0.4) is 0 Å². The summed E-state index contributed by atoms with van der Waals surface area (Å²) < 4.78 is 6.09. The summed E-state index contributed by atoms with van der Waals surface area (Å²) in [6.45, 7) is 8.08. The van der Waals surface area contributed by atoms with E-state index in [1.54, 1.807) is 25.3 Å². The van der Waals surface area contributed by atoms with Gasteiger partial charge in [0, 0.05) is 5.56 Å². The van der Waals surface area contributed by atoms with E-state index in [-0.39, 0.29) is 5.91 Å². The van der Waals surface area contributed by atoms with Crippen molar-refractivity contribution in [1.82, 2.24) is 5.43 Å². The monoisotopic (exact) mass is 424 g/mol. The zero-order valence-corrected chi connectivity index (χ0v) is 15.8. The van der Waals surface area contributed by atoms with Gasteiger partial charge in [-0.15, -0.1) is 0 Å². The topological polar surface area (TPSA) is 50.7 Å². The highest BCUT2D eigenvalue weighted by atomic mass is 127. The van der Waals surface area contributed by atoms with Crippen LogP contribution >= 0.6 is 22.6 Å². The van der Waals surface area contributed by atoms with Crippen LogP contribution in [-0.4, -0.2) is 18.7 Å². The lowest BCUT2D eigenvalue weighted by Gasteiger charge is -2.22. The highest BCUT2D eigenvalue weighted by Gasteiger charge is 2.19. The zero-order valence-electron chi connectivity index (χ0n) is 13.6. The number of ether oxygens (including phenoxy) is 1. The molecule has 0 saturated heterocycles. The molecular formula is C18H21IN2O2. The van der Waals surface area contributed by atoms with Gasteiger partial charge in [0.25, 0.3) is 5.91 Å². The number of carbonyl (C=O) groups is 1. The average Bonchev–Trinajstić information content (AvgIpc) is 2.53. The number of nitrogens with zero attached hydrogens (tertiary/aromatic N) is 1. The van der Waals surface area contributed by atoms with Gasteiger partial charge in [0.05, 0.1) is 16.4 Å². The van der Waals surface area contributed by atoms with Gasteiger partial charge in [0.15, 0.2) is 0 Å². The van der Waals surface area contributed by atoms with Gasteiger partial charge in [0.1, 0.15) is 5.75 Å². The van der Waals surface area contributed by atoms with Gasteiger partial charge < -0.3 is 4.74 Å². The van der Waals surface area contributed by atoms with Crippen molar-refractivity contribution >= 4 is 34.2 Å². The number of benzene rings is 1. The maximum Gasteiger partial charge on any atom is 0.271 e. The molecule has 1 aliphatic carbocycles. The molecule has 0 aromatic heterocycles. The van der Waals surface area contributed by atoms with E-state index in [0.717, 1.165) is 39.0 Å². The van der Waals surface area contributed by atoms with Gasteiger partial charge in [0.2, 0.25) is 0 Å². The summed E-state index contributed by atoms with van der Waals surface area (Å²) in [4.78, 5) is 12.3. The summed E-state index contributed by atoms with van der Waals surface area (Å²) in [5, 5.41) is 4.32. The van der Waals surface area contributed by atoms with Crippen LogP contribution in [0.25, 0.3) is 0 Å². The molecule has 0 radical (unpaired) electrons. The Kier molecular flexibility index (Phi) is 5.98. The molecule has 23 heavy (non-hydrogen) atoms. The van der Waals surface area contributed by atoms with Crippen LogP contribution in [0.1, 0.15) is 37.0 Å². The summed E-state index contributed by atoms with van der Waals surface area (Å²) in [6, 6.07) is 5.30. The summed E-state index contributed by atoms with van der Waals surface area (Å²) in [7, 11) is 1.61. The number of allylic oxidation sites excluding steroid dienone is 3. The predicted molar refractivity (Wildman–Crippen MR) is 102 cm³/mol. The first-order valence-electron chi connectivity index (χ1n) is 7.45. The molecule has 0 heterocycles. The smallest absolute Gasteiger partial charge is 0.271 e. The first kappa shape index (κ1) is 17.7. The lowest BCUT2D eigenvalue weighted by atomic mass is 9.85. The summed E-state index contributed by atoms with van der Waals surface area (Å²) in [5.41, 5.74) is 6.41. The molecule has 1 aromatic rings. The highest BCUT2D eigenvalue weighted by molar-refractivity contribution is 14.1. The molecule has 0 aliphatic heterocycles. The van der Waals surface area contributed by atoms with Crippen molar-refractivity contribution < 1.29 is 9.53 Å². The molecule has 0 spiro atoms. The second kappa shape index (κ2) is 7.77. The minimum atomic E-state index is -0.219. The third-order valence-corrected chi connectivity index (χ3v) is 4.85. The van der Waals surface area contributed by atoms with Crippen molar-refractivity contribution in [2.24, 2.45) is 11.0 Å².